The van der Waals surface area contributed by atoms with Gasteiger partial charge in [-0.3, -0.25) is 9.69 Å². The molecular formula is C16H19BN3O-. The maximum absolute atomic E-state index is 13.0. The number of benzene rings is 1. The molecule has 2 heterocycles. The molecule has 0 N–H and O–H groups in total. The van der Waals surface area contributed by atoms with Crippen molar-refractivity contribution in [2.24, 2.45) is 4.90 Å². The third kappa shape index (κ3) is 2.09. The second-order valence-corrected chi connectivity index (χ2v) is 5.50. The number of nitrogens with zero attached hydrogens (tertiary/aromatic N) is 3. The van der Waals surface area contributed by atoms with Crippen LogP contribution in [0.2, 0.25) is 12.6 Å². The van der Waals surface area contributed by atoms with Gasteiger partial charge in [-0.2, -0.15) is 0 Å². The van der Waals surface area contributed by atoms with Gasteiger partial charge in [-0.05, 0) is 24.3 Å². The Bertz CT molecular complexity index is 632. The molecule has 2 aliphatic rings. The zero-order valence-electron chi connectivity index (χ0n) is 12.4. The lowest BCUT2D eigenvalue weighted by Gasteiger charge is -2.53. The number of anilines is 1. The van der Waals surface area contributed by atoms with E-state index in [-0.39, 0.29) is 6.03 Å². The van der Waals surface area contributed by atoms with Crippen molar-refractivity contribution in [3.8, 4) is 0 Å². The van der Waals surface area contributed by atoms with E-state index in [9.17, 15) is 4.79 Å². The van der Waals surface area contributed by atoms with Crippen molar-refractivity contribution in [2.75, 3.05) is 4.81 Å². The van der Waals surface area contributed by atoms with Gasteiger partial charge in [0.25, 0.3) is 6.03 Å². The molecule has 2 aliphatic heterocycles. The third-order valence-corrected chi connectivity index (χ3v) is 4.45. The topological polar surface area (TPSA) is 35.9 Å². The normalized spacial score (nSPS) is 19.5. The van der Waals surface area contributed by atoms with Gasteiger partial charge in [0.15, 0.2) is 0 Å². The van der Waals surface area contributed by atoms with Crippen molar-refractivity contribution in [1.29, 1.82) is 0 Å². The molecule has 5 heteroatoms. The second-order valence-electron chi connectivity index (χ2n) is 5.50. The number of urea groups is 1. The first kappa shape index (κ1) is 13.7. The average Bonchev–Trinajstić information content (AvgIpc) is 2.55. The molecule has 1 aromatic carbocycles. The van der Waals surface area contributed by atoms with Crippen molar-refractivity contribution < 1.29 is 4.79 Å². The van der Waals surface area contributed by atoms with Crippen molar-refractivity contribution in [3.05, 3.63) is 54.8 Å². The van der Waals surface area contributed by atoms with Crippen LogP contribution in [0.5, 0.6) is 0 Å². The van der Waals surface area contributed by atoms with Crippen LogP contribution in [0.4, 0.5) is 10.5 Å². The van der Waals surface area contributed by atoms with Gasteiger partial charge >= 0.3 is 0 Å². The largest absolute Gasteiger partial charge is 0.460 e. The third-order valence-electron chi connectivity index (χ3n) is 4.45. The monoisotopic (exact) mass is 280 g/mol. The molecule has 2 amide bonds. The number of carbonyl (C=O) groups is 1. The van der Waals surface area contributed by atoms with Crippen molar-refractivity contribution >= 4 is 24.0 Å². The van der Waals surface area contributed by atoms with Gasteiger partial charge in [-0.25, -0.2) is 0 Å². The van der Waals surface area contributed by atoms with Crippen LogP contribution >= 0.6 is 0 Å². The van der Waals surface area contributed by atoms with Crippen LogP contribution in [0.25, 0.3) is 0 Å². The number of hydrogen-bond acceptors (Lipinski definition) is 2. The van der Waals surface area contributed by atoms with Crippen LogP contribution in [0, 0.1) is 0 Å². The first-order valence-corrected chi connectivity index (χ1v) is 7.53. The number of fused-ring (bicyclic) bond motifs is 1. The fraction of sp³-hybridized carbons (Fsp3) is 0.250. The molecule has 21 heavy (non-hydrogen) atoms. The quantitative estimate of drug-likeness (QED) is 0.773. The minimum absolute atomic E-state index is 0.0181. The van der Waals surface area contributed by atoms with Gasteiger partial charge in [0.05, 0.1) is 5.84 Å². The highest BCUT2D eigenvalue weighted by atomic mass is 16.2. The summed E-state index contributed by atoms with van der Waals surface area (Å²) in [5.74, 6) is 0.749. The summed E-state index contributed by atoms with van der Waals surface area (Å²) >= 11 is 0. The SMILES string of the molecule is CC[B-]1(CC)N=C2C=CC=CN2C(=O)N1c1ccccc1. The summed E-state index contributed by atoms with van der Waals surface area (Å²) in [6.45, 7) is 4.21. The molecule has 0 spiro atoms. The molecule has 0 unspecified atom stereocenters. The number of carbonyl (C=O) groups excluding carboxylic acids is 1. The van der Waals surface area contributed by atoms with Gasteiger partial charge in [0.2, 0.25) is 6.42 Å². The summed E-state index contributed by atoms with van der Waals surface area (Å²) in [5, 5.41) is 0. The van der Waals surface area contributed by atoms with E-state index in [1.165, 1.54) is 0 Å². The first-order chi connectivity index (χ1) is 10.2. The Kier molecular flexibility index (Phi) is 3.41. The van der Waals surface area contributed by atoms with E-state index in [0.717, 1.165) is 24.2 Å². The van der Waals surface area contributed by atoms with Gasteiger partial charge in [-0.1, -0.05) is 38.1 Å². The number of allylic oxidation sites excluding steroid dienone is 2. The van der Waals surface area contributed by atoms with Gasteiger partial charge in [0.1, 0.15) is 0 Å². The molecular weight excluding hydrogens is 261 g/mol. The van der Waals surface area contributed by atoms with E-state index in [1.807, 2.05) is 53.4 Å². The van der Waals surface area contributed by atoms with Crippen LogP contribution in [0.15, 0.2) is 59.7 Å². The van der Waals surface area contributed by atoms with E-state index >= 15 is 0 Å². The summed E-state index contributed by atoms with van der Waals surface area (Å²) in [6, 6.07) is 9.81. The van der Waals surface area contributed by atoms with Gasteiger partial charge in [0, 0.05) is 11.9 Å². The van der Waals surface area contributed by atoms with Crippen LogP contribution in [-0.4, -0.2) is 23.2 Å². The van der Waals surface area contributed by atoms with Gasteiger partial charge in [-0.15, -0.1) is 12.6 Å². The van der Waals surface area contributed by atoms with Crippen LogP contribution in [-0.2, 0) is 0 Å². The zero-order chi connectivity index (χ0) is 14.9. The van der Waals surface area contributed by atoms with Gasteiger partial charge < -0.3 is 9.71 Å². The Morgan fingerprint density at radius 1 is 1.10 bits per heavy atom. The molecule has 108 valence electrons. The van der Waals surface area contributed by atoms with Crippen molar-refractivity contribution in [3.63, 3.8) is 0 Å². The van der Waals surface area contributed by atoms with E-state index in [4.69, 9.17) is 4.90 Å². The number of rotatable bonds is 3. The smallest absolute Gasteiger partial charge is 0.295 e. The number of amidine groups is 1. The predicted octanol–water partition coefficient (Wildman–Crippen LogP) is 3.89. The molecule has 4 nitrogen and oxygen atoms in total. The molecule has 0 bridgehead atoms. The zero-order valence-corrected chi connectivity index (χ0v) is 12.4. The molecule has 0 aliphatic carbocycles. The lowest BCUT2D eigenvalue weighted by molar-refractivity contribution is 0.238. The summed E-state index contributed by atoms with van der Waals surface area (Å²) in [5.41, 5.74) is 0.914. The molecule has 0 fully saturated rings. The number of para-hydroxylation sites is 1. The Balaban J connectivity index is 2.16. The van der Waals surface area contributed by atoms with E-state index in [0.29, 0.717) is 0 Å². The molecule has 0 radical (unpaired) electrons. The molecule has 0 saturated heterocycles. The maximum Gasteiger partial charge on any atom is 0.295 e. The minimum Gasteiger partial charge on any atom is -0.460 e. The number of amides is 2. The Morgan fingerprint density at radius 3 is 2.48 bits per heavy atom. The predicted molar refractivity (Wildman–Crippen MR) is 88.6 cm³/mol. The molecule has 1 aromatic rings. The lowest BCUT2D eigenvalue weighted by Crippen LogP contribution is -2.63. The molecule has 3 rings (SSSR count). The van der Waals surface area contributed by atoms with E-state index in [1.54, 1.807) is 11.1 Å². The Labute approximate surface area is 125 Å². The summed E-state index contributed by atoms with van der Waals surface area (Å²) in [6.07, 6.45) is 7.86. The highest BCUT2D eigenvalue weighted by molar-refractivity contribution is 6.86. The van der Waals surface area contributed by atoms with E-state index in [2.05, 4.69) is 13.8 Å². The van der Waals surface area contributed by atoms with Crippen LogP contribution in [0.1, 0.15) is 13.8 Å². The fourth-order valence-electron chi connectivity index (χ4n) is 3.14. The molecule has 0 atom stereocenters. The lowest BCUT2D eigenvalue weighted by atomic mass is 9.41. The van der Waals surface area contributed by atoms with Crippen molar-refractivity contribution in [2.45, 2.75) is 26.5 Å². The molecule has 0 aromatic heterocycles. The Hall–Kier alpha value is -2.30. The number of hydrogen-bond donors (Lipinski definition) is 0. The first-order valence-electron chi connectivity index (χ1n) is 7.53. The summed E-state index contributed by atoms with van der Waals surface area (Å²) in [4.78, 5) is 21.5. The summed E-state index contributed by atoms with van der Waals surface area (Å²) < 4.78 is 0. The average molecular weight is 280 g/mol. The van der Waals surface area contributed by atoms with E-state index < -0.39 is 6.42 Å². The highest BCUT2D eigenvalue weighted by Gasteiger charge is 2.39. The fourth-order valence-corrected chi connectivity index (χ4v) is 3.14. The second kappa shape index (κ2) is 5.24. The van der Waals surface area contributed by atoms with Crippen LogP contribution in [0.3, 0.4) is 0 Å². The maximum atomic E-state index is 13.0. The highest BCUT2D eigenvalue weighted by Crippen LogP contribution is 2.33. The molecule has 0 saturated carbocycles. The standard InChI is InChI=1S/C16H19BN3O/c1-3-17(4-2)18-15-12-8-9-13-19(15)16(21)20(17)14-10-6-5-7-11-14/h5-13H,3-4H2,1-2H3/q-1. The minimum atomic E-state index is -1.28. The Morgan fingerprint density at radius 2 is 1.81 bits per heavy atom. The van der Waals surface area contributed by atoms with Crippen molar-refractivity contribution in [1.82, 2.24) is 4.90 Å². The summed E-state index contributed by atoms with van der Waals surface area (Å²) in [7, 11) is 0. The van der Waals surface area contributed by atoms with Crippen LogP contribution < -0.4 is 4.81 Å².